The summed E-state index contributed by atoms with van der Waals surface area (Å²) in [6.07, 6.45) is 1.61. The van der Waals surface area contributed by atoms with Crippen molar-refractivity contribution >= 4 is 16.9 Å². The first-order valence-corrected chi connectivity index (χ1v) is 6.23. The quantitative estimate of drug-likeness (QED) is 0.849. The molecule has 0 saturated carbocycles. The van der Waals surface area contributed by atoms with Crippen LogP contribution in [0.5, 0.6) is 5.75 Å². The Balaban J connectivity index is 2.85. The minimum atomic E-state index is -1.03. The van der Waals surface area contributed by atoms with Crippen molar-refractivity contribution < 1.29 is 14.6 Å². The van der Waals surface area contributed by atoms with Gasteiger partial charge in [0, 0.05) is 18.0 Å². The van der Waals surface area contributed by atoms with E-state index in [1.54, 1.807) is 19.1 Å². The van der Waals surface area contributed by atoms with Gasteiger partial charge in [-0.25, -0.2) is 4.79 Å². The second-order valence-corrected chi connectivity index (χ2v) is 4.22. The van der Waals surface area contributed by atoms with Gasteiger partial charge in [0.15, 0.2) is 0 Å². The number of carbonyl (C=O) groups is 1. The number of carboxylic acid groups (broad SMARTS) is 1. The maximum Gasteiger partial charge on any atom is 0.335 e. The molecule has 0 aliphatic carbocycles. The van der Waals surface area contributed by atoms with E-state index >= 15 is 0 Å². The van der Waals surface area contributed by atoms with Crippen LogP contribution in [0.25, 0.3) is 10.9 Å². The van der Waals surface area contributed by atoms with Crippen molar-refractivity contribution in [2.45, 2.75) is 13.5 Å². The van der Waals surface area contributed by atoms with Crippen LogP contribution in [0.15, 0.2) is 41.7 Å². The van der Waals surface area contributed by atoms with Gasteiger partial charge in [-0.3, -0.25) is 4.79 Å². The Kier molecular flexibility index (Phi) is 3.89. The average molecular weight is 273 g/mol. The standard InChI is InChI=1S/C15H15NO4/c1-3-7-16-13(17)6-5-10-8-11(15(18)19)9-12(14(10)16)20-4-2/h3,5-6,8-9H,1,4,7H2,2H3,(H,18,19). The van der Waals surface area contributed by atoms with Crippen LogP contribution in [-0.4, -0.2) is 22.2 Å². The molecule has 0 spiro atoms. The fraction of sp³-hybridized carbons (Fsp3) is 0.200. The topological polar surface area (TPSA) is 68.5 Å². The summed E-state index contributed by atoms with van der Waals surface area (Å²) in [7, 11) is 0. The Hall–Kier alpha value is -2.56. The molecule has 2 rings (SSSR count). The highest BCUT2D eigenvalue weighted by Gasteiger charge is 2.13. The Morgan fingerprint density at radius 3 is 2.80 bits per heavy atom. The van der Waals surface area contributed by atoms with E-state index in [0.29, 0.717) is 29.8 Å². The molecule has 0 aliphatic heterocycles. The third kappa shape index (κ3) is 2.42. The number of ether oxygens (including phenoxy) is 1. The van der Waals surface area contributed by atoms with Crippen LogP contribution in [0.4, 0.5) is 0 Å². The second-order valence-electron chi connectivity index (χ2n) is 4.22. The van der Waals surface area contributed by atoms with Crippen LogP contribution in [0, 0.1) is 0 Å². The number of benzene rings is 1. The van der Waals surface area contributed by atoms with Crippen molar-refractivity contribution in [1.82, 2.24) is 4.57 Å². The largest absolute Gasteiger partial charge is 0.492 e. The van der Waals surface area contributed by atoms with Gasteiger partial charge in [-0.1, -0.05) is 6.08 Å². The lowest BCUT2D eigenvalue weighted by Crippen LogP contribution is -2.19. The SMILES string of the molecule is C=CCn1c(=O)ccc2cc(C(=O)O)cc(OCC)c21. The van der Waals surface area contributed by atoms with Crippen LogP contribution >= 0.6 is 0 Å². The van der Waals surface area contributed by atoms with E-state index in [0.717, 1.165) is 0 Å². The van der Waals surface area contributed by atoms with Gasteiger partial charge in [-0.05, 0) is 25.1 Å². The van der Waals surface area contributed by atoms with Gasteiger partial charge < -0.3 is 14.4 Å². The fourth-order valence-corrected chi connectivity index (χ4v) is 2.11. The minimum absolute atomic E-state index is 0.129. The maximum absolute atomic E-state index is 11.9. The van der Waals surface area contributed by atoms with Gasteiger partial charge in [0.1, 0.15) is 5.75 Å². The molecule has 0 saturated heterocycles. The van der Waals surface area contributed by atoms with Gasteiger partial charge in [-0.2, -0.15) is 0 Å². The summed E-state index contributed by atoms with van der Waals surface area (Å²) in [5.74, 6) is -0.642. The number of rotatable bonds is 5. The first-order chi connectivity index (χ1) is 9.58. The summed E-state index contributed by atoms with van der Waals surface area (Å²) in [4.78, 5) is 23.1. The lowest BCUT2D eigenvalue weighted by molar-refractivity contribution is 0.0696. The fourth-order valence-electron chi connectivity index (χ4n) is 2.11. The summed E-state index contributed by atoms with van der Waals surface area (Å²) in [6.45, 7) is 6.15. The zero-order valence-corrected chi connectivity index (χ0v) is 11.1. The van der Waals surface area contributed by atoms with Crippen molar-refractivity contribution in [3.8, 4) is 5.75 Å². The van der Waals surface area contributed by atoms with Crippen molar-refractivity contribution in [2.75, 3.05) is 6.61 Å². The molecule has 0 unspecified atom stereocenters. The van der Waals surface area contributed by atoms with Gasteiger partial charge in [-0.15, -0.1) is 6.58 Å². The number of allylic oxidation sites excluding steroid dienone is 1. The Morgan fingerprint density at radius 2 is 2.20 bits per heavy atom. The monoisotopic (exact) mass is 273 g/mol. The Bertz CT molecular complexity index is 730. The predicted octanol–water partition coefficient (Wildman–Crippen LogP) is 2.28. The third-order valence-electron chi connectivity index (χ3n) is 2.90. The highest BCUT2D eigenvalue weighted by atomic mass is 16.5. The zero-order chi connectivity index (χ0) is 14.7. The normalized spacial score (nSPS) is 10.4. The van der Waals surface area contributed by atoms with E-state index < -0.39 is 5.97 Å². The Labute approximate surface area is 115 Å². The molecule has 0 fully saturated rings. The lowest BCUT2D eigenvalue weighted by Gasteiger charge is -2.13. The second kappa shape index (κ2) is 5.61. The highest BCUT2D eigenvalue weighted by Crippen LogP contribution is 2.27. The molecule has 104 valence electrons. The predicted molar refractivity (Wildman–Crippen MR) is 76.5 cm³/mol. The van der Waals surface area contributed by atoms with Crippen LogP contribution < -0.4 is 10.3 Å². The molecular weight excluding hydrogens is 258 g/mol. The van der Waals surface area contributed by atoms with E-state index in [1.807, 2.05) is 0 Å². The van der Waals surface area contributed by atoms with E-state index in [-0.39, 0.29) is 11.1 Å². The maximum atomic E-state index is 11.9. The number of fused-ring (bicyclic) bond motifs is 1. The van der Waals surface area contributed by atoms with Crippen LogP contribution in [0.3, 0.4) is 0 Å². The molecule has 1 N–H and O–H groups in total. The number of carboxylic acids is 1. The van der Waals surface area contributed by atoms with E-state index in [1.165, 1.54) is 22.8 Å². The van der Waals surface area contributed by atoms with Gasteiger partial charge >= 0.3 is 5.97 Å². The summed E-state index contributed by atoms with van der Waals surface area (Å²) >= 11 is 0. The van der Waals surface area contributed by atoms with Gasteiger partial charge in [0.25, 0.3) is 5.56 Å². The first kappa shape index (κ1) is 13.9. The van der Waals surface area contributed by atoms with Crippen LogP contribution in [0.2, 0.25) is 0 Å². The summed E-state index contributed by atoms with van der Waals surface area (Å²) in [6, 6.07) is 5.98. The molecule has 1 aromatic carbocycles. The number of pyridine rings is 1. The first-order valence-electron chi connectivity index (χ1n) is 6.23. The summed E-state index contributed by atoms with van der Waals surface area (Å²) in [5, 5.41) is 9.77. The lowest BCUT2D eigenvalue weighted by atomic mass is 10.1. The van der Waals surface area contributed by atoms with Crippen molar-refractivity contribution in [2.24, 2.45) is 0 Å². The molecular formula is C15H15NO4. The molecule has 2 aromatic rings. The zero-order valence-electron chi connectivity index (χ0n) is 11.1. The van der Waals surface area contributed by atoms with Gasteiger partial charge in [0.05, 0.1) is 17.7 Å². The number of hydrogen-bond acceptors (Lipinski definition) is 3. The van der Waals surface area contributed by atoms with Crippen LogP contribution in [0.1, 0.15) is 17.3 Å². The van der Waals surface area contributed by atoms with E-state index in [2.05, 4.69) is 6.58 Å². The number of nitrogens with zero attached hydrogens (tertiary/aromatic N) is 1. The molecule has 0 radical (unpaired) electrons. The van der Waals surface area contributed by atoms with E-state index in [9.17, 15) is 9.59 Å². The van der Waals surface area contributed by atoms with Crippen molar-refractivity contribution in [1.29, 1.82) is 0 Å². The molecule has 5 nitrogen and oxygen atoms in total. The average Bonchev–Trinajstić information content (AvgIpc) is 2.42. The molecule has 0 atom stereocenters. The van der Waals surface area contributed by atoms with Crippen LogP contribution in [-0.2, 0) is 6.54 Å². The smallest absolute Gasteiger partial charge is 0.335 e. The molecule has 0 bridgehead atoms. The third-order valence-corrected chi connectivity index (χ3v) is 2.90. The molecule has 0 amide bonds. The molecule has 1 aromatic heterocycles. The molecule has 0 aliphatic rings. The van der Waals surface area contributed by atoms with Crippen molar-refractivity contribution in [3.05, 3.63) is 52.8 Å². The number of aromatic carboxylic acids is 1. The summed E-state index contributed by atoms with van der Waals surface area (Å²) in [5.41, 5.74) is 0.537. The van der Waals surface area contributed by atoms with Crippen molar-refractivity contribution in [3.63, 3.8) is 0 Å². The molecule has 5 heteroatoms. The number of aromatic nitrogens is 1. The Morgan fingerprint density at radius 1 is 1.45 bits per heavy atom. The minimum Gasteiger partial charge on any atom is -0.492 e. The summed E-state index contributed by atoms with van der Waals surface area (Å²) < 4.78 is 7.01. The molecule has 20 heavy (non-hydrogen) atoms. The van der Waals surface area contributed by atoms with E-state index in [4.69, 9.17) is 9.84 Å². The molecule has 1 heterocycles. The highest BCUT2D eigenvalue weighted by molar-refractivity contribution is 5.96. The number of hydrogen-bond donors (Lipinski definition) is 1. The van der Waals surface area contributed by atoms with Gasteiger partial charge in [0.2, 0.25) is 0 Å².